The van der Waals surface area contributed by atoms with Crippen LogP contribution in [-0.2, 0) is 16.1 Å². The fraction of sp³-hybridized carbons (Fsp3) is 0.526. The quantitative estimate of drug-likeness (QED) is 0.868. The predicted octanol–water partition coefficient (Wildman–Crippen LogP) is 1.08. The van der Waals surface area contributed by atoms with E-state index < -0.39 is 6.04 Å². The zero-order valence-corrected chi connectivity index (χ0v) is 15.5. The summed E-state index contributed by atoms with van der Waals surface area (Å²) in [4.78, 5) is 32.6. The molecule has 2 aromatic heterocycles. The zero-order chi connectivity index (χ0) is 18.7. The molecule has 140 valence electrons. The van der Waals surface area contributed by atoms with Crippen LogP contribution in [0.4, 0.5) is 0 Å². The molecule has 7 heteroatoms. The Morgan fingerprint density at radius 2 is 1.85 bits per heavy atom. The highest BCUT2D eigenvalue weighted by Gasteiger charge is 2.28. The number of hydrogen-bond acceptors (Lipinski definition) is 4. The van der Waals surface area contributed by atoms with Crippen molar-refractivity contribution in [1.29, 1.82) is 0 Å². The maximum Gasteiger partial charge on any atom is 0.239 e. The molecule has 2 amide bonds. The summed E-state index contributed by atoms with van der Waals surface area (Å²) in [7, 11) is 0. The monoisotopic (exact) mass is 357 g/mol. The van der Waals surface area contributed by atoms with Crippen molar-refractivity contribution < 1.29 is 9.59 Å². The second kappa shape index (κ2) is 7.86. The van der Waals surface area contributed by atoms with Gasteiger partial charge >= 0.3 is 0 Å². The minimum atomic E-state index is -0.465. The van der Waals surface area contributed by atoms with Gasteiger partial charge < -0.3 is 20.1 Å². The van der Waals surface area contributed by atoms with Crippen LogP contribution in [0, 0.1) is 5.92 Å². The number of aryl methyl sites for hydroxylation is 1. The van der Waals surface area contributed by atoms with E-state index in [4.69, 9.17) is 5.73 Å². The van der Waals surface area contributed by atoms with Crippen molar-refractivity contribution in [3.8, 4) is 0 Å². The molecule has 1 saturated heterocycles. The molecular weight excluding hydrogens is 330 g/mol. The summed E-state index contributed by atoms with van der Waals surface area (Å²) in [5.41, 5.74) is 6.99. The Bertz CT molecular complexity index is 777. The van der Waals surface area contributed by atoms with Gasteiger partial charge in [0.1, 0.15) is 0 Å². The molecule has 3 heterocycles. The second-order valence-corrected chi connectivity index (χ2v) is 7.17. The first-order valence-electron chi connectivity index (χ1n) is 9.18. The van der Waals surface area contributed by atoms with Crippen molar-refractivity contribution in [2.45, 2.75) is 32.9 Å². The van der Waals surface area contributed by atoms with E-state index in [-0.39, 0.29) is 17.7 Å². The van der Waals surface area contributed by atoms with E-state index in [0.717, 1.165) is 10.9 Å². The fourth-order valence-electron chi connectivity index (χ4n) is 3.27. The van der Waals surface area contributed by atoms with Crippen molar-refractivity contribution in [2.75, 3.05) is 26.2 Å². The van der Waals surface area contributed by atoms with E-state index in [1.165, 1.54) is 0 Å². The first-order chi connectivity index (χ1) is 12.5. The van der Waals surface area contributed by atoms with Crippen LogP contribution in [0.5, 0.6) is 0 Å². The van der Waals surface area contributed by atoms with Gasteiger partial charge in [-0.05, 0) is 18.1 Å². The van der Waals surface area contributed by atoms with Gasteiger partial charge in [-0.25, -0.2) is 0 Å². The molecule has 2 N–H and O–H groups in total. The number of amides is 2. The average molecular weight is 357 g/mol. The lowest BCUT2D eigenvalue weighted by Crippen LogP contribution is -2.55. The second-order valence-electron chi connectivity index (χ2n) is 7.17. The third-order valence-corrected chi connectivity index (χ3v) is 5.09. The molecule has 2 aromatic rings. The molecule has 0 spiro atoms. The van der Waals surface area contributed by atoms with Crippen molar-refractivity contribution in [3.05, 3.63) is 30.7 Å². The number of aromatic nitrogens is 2. The summed E-state index contributed by atoms with van der Waals surface area (Å²) in [5, 5.41) is 1.13. The Balaban J connectivity index is 1.50. The largest absolute Gasteiger partial charge is 0.346 e. The van der Waals surface area contributed by atoms with E-state index in [1.54, 1.807) is 11.1 Å². The maximum atomic E-state index is 12.5. The fourth-order valence-corrected chi connectivity index (χ4v) is 3.27. The molecule has 0 saturated carbocycles. The van der Waals surface area contributed by atoms with E-state index in [9.17, 15) is 9.59 Å². The summed E-state index contributed by atoms with van der Waals surface area (Å²) in [6.07, 6.45) is 6.02. The highest BCUT2D eigenvalue weighted by atomic mass is 16.2. The molecule has 0 aliphatic carbocycles. The average Bonchev–Trinajstić information content (AvgIpc) is 3.08. The number of pyridine rings is 1. The molecule has 1 atom stereocenters. The minimum absolute atomic E-state index is 0.0154. The normalized spacial score (nSPS) is 16.3. The Kier molecular flexibility index (Phi) is 5.56. The van der Waals surface area contributed by atoms with E-state index >= 15 is 0 Å². The Morgan fingerprint density at radius 3 is 2.54 bits per heavy atom. The topological polar surface area (TPSA) is 84.5 Å². The SMILES string of the molecule is CC(C)[C@@H](N)C(=O)N1CCN(C(=O)CCn2ccc3ccncc32)CC1. The molecule has 26 heavy (non-hydrogen) atoms. The molecular formula is C19H27N5O2. The van der Waals surface area contributed by atoms with Gasteiger partial charge in [0, 0.05) is 56.9 Å². The number of hydrogen-bond donors (Lipinski definition) is 1. The maximum absolute atomic E-state index is 12.5. The number of rotatable bonds is 5. The van der Waals surface area contributed by atoms with Crippen molar-refractivity contribution in [2.24, 2.45) is 11.7 Å². The van der Waals surface area contributed by atoms with Gasteiger partial charge in [0.15, 0.2) is 0 Å². The van der Waals surface area contributed by atoms with Crippen LogP contribution in [0.2, 0.25) is 0 Å². The third-order valence-electron chi connectivity index (χ3n) is 5.09. The van der Waals surface area contributed by atoms with Crippen LogP contribution >= 0.6 is 0 Å². The highest BCUT2D eigenvalue weighted by Crippen LogP contribution is 2.15. The first kappa shape index (κ1) is 18.4. The molecule has 1 aliphatic heterocycles. The number of carbonyl (C=O) groups is 2. The molecule has 3 rings (SSSR count). The number of fused-ring (bicyclic) bond motifs is 1. The summed E-state index contributed by atoms with van der Waals surface area (Å²) in [5.74, 6) is 0.224. The van der Waals surface area contributed by atoms with Crippen LogP contribution < -0.4 is 5.73 Å². The lowest BCUT2D eigenvalue weighted by atomic mass is 10.0. The van der Waals surface area contributed by atoms with Gasteiger partial charge in [0.25, 0.3) is 0 Å². The van der Waals surface area contributed by atoms with E-state index in [0.29, 0.717) is 39.1 Å². The number of piperazine rings is 1. The summed E-state index contributed by atoms with van der Waals surface area (Å²) in [6.45, 7) is 6.78. The predicted molar refractivity (Wildman–Crippen MR) is 100 cm³/mol. The Labute approximate surface area is 153 Å². The van der Waals surface area contributed by atoms with Gasteiger partial charge in [-0.15, -0.1) is 0 Å². The van der Waals surface area contributed by atoms with Crippen LogP contribution in [0.3, 0.4) is 0 Å². The third kappa shape index (κ3) is 3.88. The van der Waals surface area contributed by atoms with Crippen molar-refractivity contribution in [1.82, 2.24) is 19.4 Å². The zero-order valence-electron chi connectivity index (χ0n) is 15.5. The molecule has 0 unspecified atom stereocenters. The lowest BCUT2D eigenvalue weighted by Gasteiger charge is -2.36. The summed E-state index contributed by atoms with van der Waals surface area (Å²) in [6, 6.07) is 3.53. The van der Waals surface area contributed by atoms with Crippen molar-refractivity contribution >= 4 is 22.7 Å². The Morgan fingerprint density at radius 1 is 1.15 bits per heavy atom. The van der Waals surface area contributed by atoms with Crippen molar-refractivity contribution in [3.63, 3.8) is 0 Å². The number of carbonyl (C=O) groups excluding carboxylic acids is 2. The molecule has 0 radical (unpaired) electrons. The first-order valence-corrected chi connectivity index (χ1v) is 9.18. The van der Waals surface area contributed by atoms with Gasteiger partial charge in [0.05, 0.1) is 17.8 Å². The van der Waals surface area contributed by atoms with E-state index in [1.807, 2.05) is 43.3 Å². The smallest absolute Gasteiger partial charge is 0.239 e. The molecule has 1 fully saturated rings. The van der Waals surface area contributed by atoms with Crippen LogP contribution in [0.1, 0.15) is 20.3 Å². The van der Waals surface area contributed by atoms with Gasteiger partial charge in [-0.3, -0.25) is 14.6 Å². The van der Waals surface area contributed by atoms with E-state index in [2.05, 4.69) is 9.55 Å². The highest BCUT2D eigenvalue weighted by molar-refractivity contribution is 5.83. The minimum Gasteiger partial charge on any atom is -0.346 e. The van der Waals surface area contributed by atoms with Gasteiger partial charge in [0.2, 0.25) is 11.8 Å². The van der Waals surface area contributed by atoms with Crippen LogP contribution in [0.15, 0.2) is 30.7 Å². The summed E-state index contributed by atoms with van der Waals surface area (Å²) < 4.78 is 2.06. The molecule has 0 bridgehead atoms. The molecule has 0 aromatic carbocycles. The lowest BCUT2D eigenvalue weighted by molar-refractivity contribution is -0.141. The summed E-state index contributed by atoms with van der Waals surface area (Å²) >= 11 is 0. The van der Waals surface area contributed by atoms with Crippen LogP contribution in [0.25, 0.3) is 10.9 Å². The molecule has 1 aliphatic rings. The van der Waals surface area contributed by atoms with Crippen LogP contribution in [-0.4, -0.2) is 63.4 Å². The molecule has 7 nitrogen and oxygen atoms in total. The standard InChI is InChI=1S/C19H27N5O2/c1-14(2)18(20)19(26)24-11-9-23(10-12-24)17(25)5-8-22-7-4-15-3-6-21-13-16(15)22/h3-4,6-7,13-14,18H,5,8-12,20H2,1-2H3/t18-/m1/s1. The van der Waals surface area contributed by atoms with Gasteiger partial charge in [-0.2, -0.15) is 0 Å². The number of nitrogens with two attached hydrogens (primary N) is 1. The Hall–Kier alpha value is -2.41. The number of nitrogens with zero attached hydrogens (tertiary/aromatic N) is 4. The van der Waals surface area contributed by atoms with Gasteiger partial charge in [-0.1, -0.05) is 13.8 Å².